The van der Waals surface area contributed by atoms with Crippen molar-refractivity contribution in [1.29, 1.82) is 0 Å². The lowest BCUT2D eigenvalue weighted by Crippen LogP contribution is -2.59. The molecule has 0 radical (unpaired) electrons. The van der Waals surface area contributed by atoms with Crippen LogP contribution in [0.4, 0.5) is 0 Å². The summed E-state index contributed by atoms with van der Waals surface area (Å²) in [5.74, 6) is -2.23. The molecule has 8 heteroatoms. The zero-order valence-corrected chi connectivity index (χ0v) is 19.5. The lowest BCUT2D eigenvalue weighted by atomic mass is 9.93. The molecule has 1 saturated heterocycles. The Bertz CT molecular complexity index is 1130. The molecule has 3 rings (SSSR count). The van der Waals surface area contributed by atoms with Gasteiger partial charge in [0.05, 0.1) is 25.3 Å². The molecule has 34 heavy (non-hydrogen) atoms. The highest BCUT2D eigenvalue weighted by atomic mass is 16.5. The molecule has 1 aliphatic rings. The van der Waals surface area contributed by atoms with E-state index in [1.807, 2.05) is 6.07 Å². The first-order chi connectivity index (χ1) is 16.3. The number of esters is 1. The quantitative estimate of drug-likeness (QED) is 0.399. The maximum atomic E-state index is 13.2. The van der Waals surface area contributed by atoms with Crippen molar-refractivity contribution in [3.8, 4) is 0 Å². The number of hydrogen-bond donors (Lipinski definition) is 1. The largest absolute Gasteiger partial charge is 0.465 e. The number of ketones is 1. The fraction of sp³-hybridized carbons (Fsp3) is 0.308. The van der Waals surface area contributed by atoms with Crippen LogP contribution >= 0.6 is 0 Å². The van der Waals surface area contributed by atoms with Crippen molar-refractivity contribution in [3.63, 3.8) is 0 Å². The number of allylic oxidation sites excluding steroid dienone is 1. The Labute approximate surface area is 198 Å². The van der Waals surface area contributed by atoms with Gasteiger partial charge in [0.25, 0.3) is 17.6 Å². The number of aliphatic hydroxyl groups is 1. The summed E-state index contributed by atoms with van der Waals surface area (Å²) in [6, 6.07) is 12.9. The first-order valence-corrected chi connectivity index (χ1v) is 11.0. The second kappa shape index (κ2) is 10.9. The maximum absolute atomic E-state index is 13.2. The van der Waals surface area contributed by atoms with Crippen molar-refractivity contribution >= 4 is 29.1 Å². The summed E-state index contributed by atoms with van der Waals surface area (Å²) in [5, 5.41) is 9.93. The predicted octanol–water partition coefficient (Wildman–Crippen LogP) is 2.10. The topological polar surface area (TPSA) is 104 Å². The SMILES string of the molecule is C/C=C(/C(=O)C(=O)N1CCN(C(=O)c2ccccc2)CC1CO)c1cccc(C(=O)OC)c1C. The second-order valence-corrected chi connectivity index (χ2v) is 7.95. The molecule has 1 aliphatic heterocycles. The predicted molar refractivity (Wildman–Crippen MR) is 126 cm³/mol. The smallest absolute Gasteiger partial charge is 0.338 e. The van der Waals surface area contributed by atoms with E-state index >= 15 is 0 Å². The van der Waals surface area contributed by atoms with Crippen molar-refractivity contribution in [2.75, 3.05) is 33.4 Å². The Morgan fingerprint density at radius 1 is 1.03 bits per heavy atom. The average Bonchev–Trinajstić information content (AvgIpc) is 2.88. The fourth-order valence-corrected chi connectivity index (χ4v) is 4.14. The van der Waals surface area contributed by atoms with Crippen LogP contribution in [0, 0.1) is 6.92 Å². The first kappa shape index (κ1) is 24.9. The molecule has 0 aliphatic carbocycles. The van der Waals surface area contributed by atoms with E-state index in [0.717, 1.165) is 0 Å². The van der Waals surface area contributed by atoms with Crippen LogP contribution < -0.4 is 0 Å². The summed E-state index contributed by atoms with van der Waals surface area (Å²) in [6.07, 6.45) is 1.53. The summed E-state index contributed by atoms with van der Waals surface area (Å²) < 4.78 is 4.80. The molecule has 2 amide bonds. The van der Waals surface area contributed by atoms with E-state index in [9.17, 15) is 24.3 Å². The minimum absolute atomic E-state index is 0.116. The number of rotatable bonds is 6. The van der Waals surface area contributed by atoms with Gasteiger partial charge in [0.2, 0.25) is 0 Å². The summed E-state index contributed by atoms with van der Waals surface area (Å²) in [6.45, 7) is 3.42. The standard InChI is InChI=1S/C26H28N2O6/c1-4-20(21-11-8-12-22(17(21)2)26(33)34-3)23(30)25(32)28-14-13-27(15-19(28)16-29)24(31)18-9-6-5-7-10-18/h4-12,19,29H,13-16H2,1-3H3/b20-4+. The molecule has 178 valence electrons. The Kier molecular flexibility index (Phi) is 7.96. The normalized spacial score (nSPS) is 16.2. The van der Waals surface area contributed by atoms with Crippen LogP contribution in [0.1, 0.15) is 38.8 Å². The highest BCUT2D eigenvalue weighted by molar-refractivity contribution is 6.53. The van der Waals surface area contributed by atoms with Crippen LogP contribution in [-0.4, -0.2) is 77.9 Å². The Balaban J connectivity index is 1.80. The Hall–Kier alpha value is -3.78. The van der Waals surface area contributed by atoms with E-state index in [0.29, 0.717) is 22.3 Å². The van der Waals surface area contributed by atoms with Crippen LogP contribution in [-0.2, 0) is 14.3 Å². The third-order valence-electron chi connectivity index (χ3n) is 6.02. The monoisotopic (exact) mass is 464 g/mol. The lowest BCUT2D eigenvalue weighted by Gasteiger charge is -2.40. The van der Waals surface area contributed by atoms with E-state index in [1.165, 1.54) is 18.1 Å². The van der Waals surface area contributed by atoms with Gasteiger partial charge < -0.3 is 19.6 Å². The minimum atomic E-state index is -0.762. The summed E-state index contributed by atoms with van der Waals surface area (Å²) in [4.78, 5) is 54.2. The molecule has 1 N–H and O–H groups in total. The van der Waals surface area contributed by atoms with Gasteiger partial charge in [-0.05, 0) is 43.2 Å². The molecule has 0 spiro atoms. The van der Waals surface area contributed by atoms with E-state index in [-0.39, 0.29) is 37.7 Å². The molecule has 1 heterocycles. The van der Waals surface area contributed by atoms with Gasteiger partial charge in [-0.15, -0.1) is 0 Å². The number of Topliss-reactive ketones (excluding diaryl/α,β-unsaturated/α-hetero) is 1. The number of methoxy groups -OCH3 is 1. The highest BCUT2D eigenvalue weighted by Gasteiger charge is 2.36. The van der Waals surface area contributed by atoms with Crippen LogP contribution in [0.2, 0.25) is 0 Å². The fourth-order valence-electron chi connectivity index (χ4n) is 4.14. The van der Waals surface area contributed by atoms with Crippen molar-refractivity contribution in [2.45, 2.75) is 19.9 Å². The van der Waals surface area contributed by atoms with Crippen LogP contribution in [0.25, 0.3) is 5.57 Å². The third-order valence-corrected chi connectivity index (χ3v) is 6.02. The van der Waals surface area contributed by atoms with E-state index < -0.39 is 23.7 Å². The number of aliphatic hydroxyl groups excluding tert-OH is 1. The number of carbonyl (C=O) groups is 4. The number of carbonyl (C=O) groups excluding carboxylic acids is 4. The molecule has 8 nitrogen and oxygen atoms in total. The molecular formula is C26H28N2O6. The van der Waals surface area contributed by atoms with Gasteiger partial charge in [-0.3, -0.25) is 14.4 Å². The maximum Gasteiger partial charge on any atom is 0.338 e. The van der Waals surface area contributed by atoms with Gasteiger partial charge in [-0.1, -0.05) is 36.4 Å². The molecule has 0 aromatic heterocycles. The molecule has 1 atom stereocenters. The van der Waals surface area contributed by atoms with Crippen LogP contribution in [0.15, 0.2) is 54.6 Å². The summed E-state index contributed by atoms with van der Waals surface area (Å²) in [5.41, 5.74) is 1.98. The zero-order chi connectivity index (χ0) is 24.8. The van der Waals surface area contributed by atoms with E-state index in [1.54, 1.807) is 61.2 Å². The molecule has 2 aromatic rings. The van der Waals surface area contributed by atoms with E-state index in [4.69, 9.17) is 4.74 Å². The van der Waals surface area contributed by atoms with Crippen LogP contribution in [0.3, 0.4) is 0 Å². The van der Waals surface area contributed by atoms with Crippen molar-refractivity contribution in [1.82, 2.24) is 9.80 Å². The highest BCUT2D eigenvalue weighted by Crippen LogP contribution is 2.25. The number of benzene rings is 2. The lowest BCUT2D eigenvalue weighted by molar-refractivity contribution is -0.145. The van der Waals surface area contributed by atoms with Gasteiger partial charge >= 0.3 is 5.97 Å². The third kappa shape index (κ3) is 4.92. The molecule has 0 bridgehead atoms. The zero-order valence-electron chi connectivity index (χ0n) is 19.5. The molecule has 2 aromatic carbocycles. The van der Waals surface area contributed by atoms with Gasteiger partial charge in [0.1, 0.15) is 0 Å². The molecule has 1 unspecified atom stereocenters. The Morgan fingerprint density at radius 2 is 1.71 bits per heavy atom. The van der Waals surface area contributed by atoms with Crippen molar-refractivity contribution < 1.29 is 29.0 Å². The minimum Gasteiger partial charge on any atom is -0.465 e. The second-order valence-electron chi connectivity index (χ2n) is 7.95. The number of hydrogen-bond acceptors (Lipinski definition) is 6. The first-order valence-electron chi connectivity index (χ1n) is 11.0. The molecular weight excluding hydrogens is 436 g/mol. The van der Waals surface area contributed by atoms with E-state index in [2.05, 4.69) is 0 Å². The number of nitrogens with zero attached hydrogens (tertiary/aromatic N) is 2. The summed E-state index contributed by atoms with van der Waals surface area (Å²) in [7, 11) is 1.27. The number of ether oxygens (including phenoxy) is 1. The van der Waals surface area contributed by atoms with Gasteiger partial charge in [-0.25, -0.2) is 4.79 Å². The van der Waals surface area contributed by atoms with Gasteiger partial charge in [0.15, 0.2) is 0 Å². The van der Waals surface area contributed by atoms with Gasteiger partial charge in [-0.2, -0.15) is 0 Å². The van der Waals surface area contributed by atoms with Gasteiger partial charge in [0, 0.05) is 30.8 Å². The van der Waals surface area contributed by atoms with Crippen molar-refractivity contribution in [2.24, 2.45) is 0 Å². The molecule has 1 fully saturated rings. The number of piperazine rings is 1. The van der Waals surface area contributed by atoms with Crippen LogP contribution in [0.5, 0.6) is 0 Å². The number of amides is 2. The van der Waals surface area contributed by atoms with Crippen molar-refractivity contribution in [3.05, 3.63) is 76.9 Å². The average molecular weight is 465 g/mol. The Morgan fingerprint density at radius 3 is 2.32 bits per heavy atom. The molecule has 0 saturated carbocycles. The summed E-state index contributed by atoms with van der Waals surface area (Å²) >= 11 is 0.